The highest BCUT2D eigenvalue weighted by molar-refractivity contribution is 7.91. The van der Waals surface area contributed by atoms with Crippen molar-refractivity contribution in [3.8, 4) is 0 Å². The van der Waals surface area contributed by atoms with Gasteiger partial charge in [0.2, 0.25) is 0 Å². The Bertz CT molecular complexity index is 768. The number of carbonyl (C=O) groups is 1. The second kappa shape index (κ2) is 5.25. The molecule has 0 bridgehead atoms. The van der Waals surface area contributed by atoms with Crippen LogP contribution in [0.2, 0.25) is 0 Å². The molecule has 1 aromatic carbocycles. The Labute approximate surface area is 126 Å². The van der Waals surface area contributed by atoms with E-state index in [4.69, 9.17) is 0 Å². The molecule has 2 aromatic rings. The average molecular weight is 323 g/mol. The van der Waals surface area contributed by atoms with Gasteiger partial charge >= 0.3 is 5.97 Å². The fourth-order valence-electron chi connectivity index (χ4n) is 2.49. The molecule has 3 rings (SSSR count). The minimum absolute atomic E-state index is 0.0906. The predicted octanol–water partition coefficient (Wildman–Crippen LogP) is 1.95. The molecule has 0 fully saturated rings. The van der Waals surface area contributed by atoms with E-state index in [-0.39, 0.29) is 17.2 Å². The van der Waals surface area contributed by atoms with Gasteiger partial charge < -0.3 is 5.11 Å². The van der Waals surface area contributed by atoms with Gasteiger partial charge in [-0.1, -0.05) is 30.3 Å². The van der Waals surface area contributed by atoms with E-state index >= 15 is 0 Å². The van der Waals surface area contributed by atoms with E-state index in [9.17, 15) is 18.3 Å². The zero-order chi connectivity index (χ0) is 15.0. The van der Waals surface area contributed by atoms with Crippen LogP contribution in [-0.2, 0) is 27.8 Å². The monoisotopic (exact) mass is 323 g/mol. The number of hydrogen-bond donors (Lipinski definition) is 1. The summed E-state index contributed by atoms with van der Waals surface area (Å²) in [5.41, 5.74) is 1.75. The van der Waals surface area contributed by atoms with Crippen molar-refractivity contribution in [2.75, 3.05) is 0 Å². The number of carboxylic acids is 1. The average Bonchev–Trinajstić information content (AvgIpc) is 3.00. The van der Waals surface area contributed by atoms with E-state index < -0.39 is 22.0 Å². The molecule has 0 amide bonds. The van der Waals surface area contributed by atoms with E-state index in [0.717, 1.165) is 26.8 Å². The van der Waals surface area contributed by atoms with E-state index in [1.807, 2.05) is 24.3 Å². The fourth-order valence-corrected chi connectivity index (χ4v) is 5.17. The molecule has 0 radical (unpaired) electrons. The van der Waals surface area contributed by atoms with Crippen LogP contribution in [0.25, 0.3) is 0 Å². The Morgan fingerprint density at radius 2 is 1.90 bits per heavy atom. The van der Waals surface area contributed by atoms with Gasteiger partial charge in [0.15, 0.2) is 0 Å². The number of nitrogens with zero attached hydrogens (tertiary/aromatic N) is 1. The van der Waals surface area contributed by atoms with Crippen LogP contribution >= 0.6 is 11.3 Å². The molecule has 1 aliphatic heterocycles. The first kappa shape index (κ1) is 14.2. The summed E-state index contributed by atoms with van der Waals surface area (Å²) in [5, 5.41) is 11.1. The molecule has 1 aromatic heterocycles. The predicted molar refractivity (Wildman–Crippen MR) is 78.6 cm³/mol. The molecule has 5 nitrogen and oxygen atoms in total. The van der Waals surface area contributed by atoms with E-state index in [0.29, 0.717) is 0 Å². The maximum absolute atomic E-state index is 12.6. The Balaban J connectivity index is 2.06. The lowest BCUT2D eigenvalue weighted by Gasteiger charge is -2.33. The molecular weight excluding hydrogens is 310 g/mol. The van der Waals surface area contributed by atoms with Gasteiger partial charge in [0.05, 0.1) is 0 Å². The zero-order valence-corrected chi connectivity index (χ0v) is 12.6. The highest BCUT2D eigenvalue weighted by Gasteiger charge is 2.39. The SMILES string of the molecule is O=C(O)C1Cc2ccccc2CN1S(=O)(=O)c1cccs1. The van der Waals surface area contributed by atoms with Crippen LogP contribution in [-0.4, -0.2) is 29.8 Å². The number of thiophene rings is 1. The molecule has 21 heavy (non-hydrogen) atoms. The van der Waals surface area contributed by atoms with Gasteiger partial charge in [-0.05, 0) is 22.6 Å². The molecule has 0 spiro atoms. The Morgan fingerprint density at radius 1 is 1.19 bits per heavy atom. The van der Waals surface area contributed by atoms with Crippen LogP contribution in [0.1, 0.15) is 11.1 Å². The zero-order valence-electron chi connectivity index (χ0n) is 11.0. The first-order valence-corrected chi connectivity index (χ1v) is 8.67. The summed E-state index contributed by atoms with van der Waals surface area (Å²) in [5.74, 6) is -1.12. The van der Waals surface area contributed by atoms with Gasteiger partial charge in [-0.15, -0.1) is 11.3 Å². The summed E-state index contributed by atoms with van der Waals surface area (Å²) in [6.07, 6.45) is 0.191. The third-order valence-electron chi connectivity index (χ3n) is 3.55. The van der Waals surface area contributed by atoms with Crippen LogP contribution in [0.15, 0.2) is 46.0 Å². The Morgan fingerprint density at radius 3 is 2.52 bits per heavy atom. The number of benzene rings is 1. The number of carboxylic acid groups (broad SMARTS) is 1. The first-order chi connectivity index (χ1) is 10.00. The topological polar surface area (TPSA) is 74.7 Å². The number of fused-ring (bicyclic) bond motifs is 1. The molecule has 0 saturated carbocycles. The Hall–Kier alpha value is -1.70. The smallest absolute Gasteiger partial charge is 0.322 e. The standard InChI is InChI=1S/C14H13NO4S2/c16-14(17)12-8-10-4-1-2-5-11(10)9-15(12)21(18,19)13-6-3-7-20-13/h1-7,12H,8-9H2,(H,16,17). The summed E-state index contributed by atoms with van der Waals surface area (Å²) in [6.45, 7) is 0.0906. The highest BCUT2D eigenvalue weighted by Crippen LogP contribution is 2.30. The third-order valence-corrected chi connectivity index (χ3v) is 6.78. The summed E-state index contributed by atoms with van der Waals surface area (Å²) in [6, 6.07) is 9.43. The van der Waals surface area contributed by atoms with Crippen molar-refractivity contribution in [1.29, 1.82) is 0 Å². The molecule has 1 atom stereocenters. The van der Waals surface area contributed by atoms with Crippen LogP contribution in [0.5, 0.6) is 0 Å². The van der Waals surface area contributed by atoms with Crippen molar-refractivity contribution >= 4 is 27.3 Å². The van der Waals surface area contributed by atoms with E-state index in [1.165, 1.54) is 6.07 Å². The molecule has 110 valence electrons. The number of aliphatic carboxylic acids is 1. The van der Waals surface area contributed by atoms with Crippen molar-refractivity contribution in [2.24, 2.45) is 0 Å². The van der Waals surface area contributed by atoms with Crippen molar-refractivity contribution < 1.29 is 18.3 Å². The van der Waals surface area contributed by atoms with Crippen LogP contribution in [0.4, 0.5) is 0 Å². The van der Waals surface area contributed by atoms with Crippen molar-refractivity contribution in [2.45, 2.75) is 23.2 Å². The minimum Gasteiger partial charge on any atom is -0.480 e. The van der Waals surface area contributed by atoms with Crippen LogP contribution < -0.4 is 0 Å². The molecular formula is C14H13NO4S2. The second-order valence-corrected chi connectivity index (χ2v) is 7.87. The van der Waals surface area contributed by atoms with Gasteiger partial charge in [-0.3, -0.25) is 4.79 Å². The lowest BCUT2D eigenvalue weighted by atomic mass is 9.96. The number of sulfonamides is 1. The summed E-state index contributed by atoms with van der Waals surface area (Å²) in [7, 11) is -3.78. The number of rotatable bonds is 3. The highest BCUT2D eigenvalue weighted by atomic mass is 32.2. The summed E-state index contributed by atoms with van der Waals surface area (Å²) < 4.78 is 26.6. The van der Waals surface area contributed by atoms with Gasteiger partial charge in [0.1, 0.15) is 10.3 Å². The molecule has 1 aliphatic rings. The molecule has 7 heteroatoms. The largest absolute Gasteiger partial charge is 0.480 e. The fraction of sp³-hybridized carbons (Fsp3) is 0.214. The van der Waals surface area contributed by atoms with Gasteiger partial charge in [-0.25, -0.2) is 8.42 Å². The molecule has 0 saturated heterocycles. The summed E-state index contributed by atoms with van der Waals surface area (Å²) in [4.78, 5) is 11.5. The maximum Gasteiger partial charge on any atom is 0.322 e. The maximum atomic E-state index is 12.6. The van der Waals surface area contributed by atoms with Crippen LogP contribution in [0, 0.1) is 0 Å². The van der Waals surface area contributed by atoms with Crippen molar-refractivity contribution in [3.05, 3.63) is 52.9 Å². The second-order valence-electron chi connectivity index (χ2n) is 4.81. The minimum atomic E-state index is -3.78. The molecule has 0 aliphatic carbocycles. The van der Waals surface area contributed by atoms with Gasteiger partial charge in [-0.2, -0.15) is 4.31 Å². The van der Waals surface area contributed by atoms with E-state index in [2.05, 4.69) is 0 Å². The van der Waals surface area contributed by atoms with Crippen molar-refractivity contribution in [3.63, 3.8) is 0 Å². The van der Waals surface area contributed by atoms with Crippen molar-refractivity contribution in [1.82, 2.24) is 4.31 Å². The summed E-state index contributed by atoms with van der Waals surface area (Å²) >= 11 is 1.10. The third kappa shape index (κ3) is 2.48. The van der Waals surface area contributed by atoms with Crippen LogP contribution in [0.3, 0.4) is 0 Å². The lowest BCUT2D eigenvalue weighted by molar-refractivity contribution is -0.141. The Kier molecular flexibility index (Phi) is 3.56. The lowest BCUT2D eigenvalue weighted by Crippen LogP contribution is -2.48. The van der Waals surface area contributed by atoms with Gasteiger partial charge in [0.25, 0.3) is 10.0 Å². The van der Waals surface area contributed by atoms with Gasteiger partial charge in [0, 0.05) is 13.0 Å². The quantitative estimate of drug-likeness (QED) is 0.937. The molecule has 2 heterocycles. The normalized spacial score (nSPS) is 19.1. The van der Waals surface area contributed by atoms with E-state index in [1.54, 1.807) is 11.4 Å². The first-order valence-electron chi connectivity index (χ1n) is 6.35. The molecule has 1 N–H and O–H groups in total. The number of hydrogen-bond acceptors (Lipinski definition) is 4. The molecule has 1 unspecified atom stereocenters.